The number of halogens is 2. The summed E-state index contributed by atoms with van der Waals surface area (Å²) in [6.45, 7) is 0. The van der Waals surface area contributed by atoms with Crippen molar-refractivity contribution >= 4 is 44.8 Å². The molecule has 1 amide bonds. The van der Waals surface area contributed by atoms with Crippen LogP contribution in [0, 0.1) is 0 Å². The second kappa shape index (κ2) is 6.15. The van der Waals surface area contributed by atoms with Crippen molar-refractivity contribution in [1.82, 2.24) is 0 Å². The Labute approximate surface area is 130 Å². The molecule has 2 aromatic carbocycles. The zero-order chi connectivity index (χ0) is 14.7. The molecule has 0 saturated heterocycles. The average Bonchev–Trinajstić information content (AvgIpc) is 2.43. The van der Waals surface area contributed by atoms with Crippen molar-refractivity contribution in [2.75, 3.05) is 18.2 Å². The molecule has 0 aromatic heterocycles. The molecule has 0 aliphatic heterocycles. The van der Waals surface area contributed by atoms with Crippen LogP contribution in [0.1, 0.15) is 10.4 Å². The Bertz CT molecular complexity index is 662. The van der Waals surface area contributed by atoms with Crippen molar-refractivity contribution < 1.29 is 9.53 Å². The Morgan fingerprint density at radius 1 is 1.30 bits per heavy atom. The Kier molecular flexibility index (Phi) is 4.52. The zero-order valence-corrected chi connectivity index (χ0v) is 13.0. The minimum atomic E-state index is -0.303. The van der Waals surface area contributed by atoms with E-state index in [4.69, 9.17) is 22.1 Å². The number of benzene rings is 2. The van der Waals surface area contributed by atoms with Gasteiger partial charge in [0, 0.05) is 16.2 Å². The molecule has 0 aliphatic carbocycles. The lowest BCUT2D eigenvalue weighted by atomic mass is 10.2. The summed E-state index contributed by atoms with van der Waals surface area (Å²) in [4.78, 5) is 12.2. The van der Waals surface area contributed by atoms with Gasteiger partial charge in [-0.05, 0) is 30.3 Å². The van der Waals surface area contributed by atoms with Crippen molar-refractivity contribution in [3.05, 3.63) is 51.5 Å². The molecule has 20 heavy (non-hydrogen) atoms. The number of nitrogens with two attached hydrogens (primary N) is 1. The first kappa shape index (κ1) is 14.7. The van der Waals surface area contributed by atoms with E-state index in [1.54, 1.807) is 36.4 Å². The number of ether oxygens (including phenoxy) is 1. The number of anilines is 2. The highest BCUT2D eigenvalue weighted by atomic mass is 79.9. The minimum Gasteiger partial charge on any atom is -0.495 e. The molecule has 6 heteroatoms. The van der Waals surface area contributed by atoms with Gasteiger partial charge in [-0.1, -0.05) is 27.5 Å². The maximum atomic E-state index is 12.2. The number of hydrogen-bond donors (Lipinski definition) is 2. The molecule has 104 valence electrons. The number of carbonyl (C=O) groups is 1. The van der Waals surface area contributed by atoms with Crippen molar-refractivity contribution in [3.8, 4) is 5.75 Å². The largest absolute Gasteiger partial charge is 0.495 e. The van der Waals surface area contributed by atoms with Crippen molar-refractivity contribution in [2.45, 2.75) is 0 Å². The fraction of sp³-hybridized carbons (Fsp3) is 0.0714. The van der Waals surface area contributed by atoms with E-state index in [2.05, 4.69) is 21.2 Å². The zero-order valence-electron chi connectivity index (χ0n) is 10.6. The quantitative estimate of drug-likeness (QED) is 0.820. The van der Waals surface area contributed by atoms with Crippen LogP contribution in [-0.2, 0) is 0 Å². The van der Waals surface area contributed by atoms with Gasteiger partial charge in [0.1, 0.15) is 5.75 Å². The normalized spacial score (nSPS) is 10.2. The smallest absolute Gasteiger partial charge is 0.257 e. The SMILES string of the molecule is COc1cc(NC(=O)c2cc(Br)ccc2Cl)ccc1N. The standard InChI is InChI=1S/C14H12BrClN2O2/c1-20-13-7-9(3-5-12(13)17)18-14(19)10-6-8(15)2-4-11(10)16/h2-7H,17H2,1H3,(H,18,19). The summed E-state index contributed by atoms with van der Waals surface area (Å²) in [7, 11) is 1.52. The summed E-state index contributed by atoms with van der Waals surface area (Å²) >= 11 is 9.32. The molecule has 0 bridgehead atoms. The minimum absolute atomic E-state index is 0.303. The monoisotopic (exact) mass is 354 g/mol. The van der Waals surface area contributed by atoms with E-state index < -0.39 is 0 Å². The van der Waals surface area contributed by atoms with Crippen LogP contribution in [0.2, 0.25) is 5.02 Å². The highest BCUT2D eigenvalue weighted by Crippen LogP contribution is 2.26. The lowest BCUT2D eigenvalue weighted by molar-refractivity contribution is 0.102. The molecule has 2 rings (SSSR count). The van der Waals surface area contributed by atoms with E-state index in [9.17, 15) is 4.79 Å². The summed E-state index contributed by atoms with van der Waals surface area (Å²) in [5.41, 5.74) is 7.19. The molecule has 0 aliphatic rings. The van der Waals surface area contributed by atoms with Crippen LogP contribution in [0.15, 0.2) is 40.9 Å². The van der Waals surface area contributed by atoms with Gasteiger partial charge in [0.2, 0.25) is 0 Å². The van der Waals surface area contributed by atoms with Gasteiger partial charge in [-0.3, -0.25) is 4.79 Å². The van der Waals surface area contributed by atoms with Gasteiger partial charge >= 0.3 is 0 Å². The van der Waals surface area contributed by atoms with Gasteiger partial charge in [0.15, 0.2) is 0 Å². The number of rotatable bonds is 3. The third kappa shape index (κ3) is 3.23. The fourth-order valence-electron chi connectivity index (χ4n) is 1.66. The van der Waals surface area contributed by atoms with Crippen LogP contribution in [0.3, 0.4) is 0 Å². The molecule has 0 spiro atoms. The lowest BCUT2D eigenvalue weighted by Gasteiger charge is -2.10. The maximum absolute atomic E-state index is 12.2. The first-order valence-electron chi connectivity index (χ1n) is 5.71. The summed E-state index contributed by atoms with van der Waals surface area (Å²) < 4.78 is 5.89. The van der Waals surface area contributed by atoms with Gasteiger partial charge in [-0.2, -0.15) is 0 Å². The van der Waals surface area contributed by atoms with Crippen LogP contribution in [0.25, 0.3) is 0 Å². The van der Waals surface area contributed by atoms with Crippen LogP contribution in [0.5, 0.6) is 5.75 Å². The first-order valence-corrected chi connectivity index (χ1v) is 6.88. The molecule has 3 N–H and O–H groups in total. The summed E-state index contributed by atoms with van der Waals surface area (Å²) in [6.07, 6.45) is 0. The van der Waals surface area contributed by atoms with Gasteiger partial charge < -0.3 is 15.8 Å². The molecule has 2 aromatic rings. The Morgan fingerprint density at radius 2 is 2.05 bits per heavy atom. The van der Waals surface area contributed by atoms with Crippen molar-refractivity contribution in [1.29, 1.82) is 0 Å². The summed E-state index contributed by atoms with van der Waals surface area (Å²) in [5.74, 6) is 0.200. The third-order valence-corrected chi connectivity index (χ3v) is 3.49. The summed E-state index contributed by atoms with van der Waals surface area (Å²) in [5, 5.41) is 3.13. The molecule has 4 nitrogen and oxygen atoms in total. The highest BCUT2D eigenvalue weighted by molar-refractivity contribution is 9.10. The Morgan fingerprint density at radius 3 is 2.75 bits per heavy atom. The number of carbonyl (C=O) groups excluding carboxylic acids is 1. The van der Waals surface area contributed by atoms with E-state index in [1.165, 1.54) is 7.11 Å². The highest BCUT2D eigenvalue weighted by Gasteiger charge is 2.12. The summed E-state index contributed by atoms with van der Waals surface area (Å²) in [6, 6.07) is 10.1. The predicted molar refractivity (Wildman–Crippen MR) is 84.5 cm³/mol. The number of nitrogens with one attached hydrogen (secondary N) is 1. The number of methoxy groups -OCH3 is 1. The molecule has 0 fully saturated rings. The van der Waals surface area contributed by atoms with Crippen molar-refractivity contribution in [3.63, 3.8) is 0 Å². The van der Waals surface area contributed by atoms with E-state index in [0.717, 1.165) is 4.47 Å². The average molecular weight is 356 g/mol. The molecular formula is C14H12BrClN2O2. The van der Waals surface area contributed by atoms with E-state index >= 15 is 0 Å². The second-order valence-corrected chi connectivity index (χ2v) is 5.36. The number of nitrogen functional groups attached to an aromatic ring is 1. The molecule has 0 heterocycles. The van der Waals surface area contributed by atoms with Gasteiger partial charge in [-0.25, -0.2) is 0 Å². The van der Waals surface area contributed by atoms with E-state index in [-0.39, 0.29) is 5.91 Å². The van der Waals surface area contributed by atoms with Crippen LogP contribution >= 0.6 is 27.5 Å². The van der Waals surface area contributed by atoms with Crippen LogP contribution in [0.4, 0.5) is 11.4 Å². The first-order chi connectivity index (χ1) is 9.51. The topological polar surface area (TPSA) is 64.3 Å². The predicted octanol–water partition coefficient (Wildman–Crippen LogP) is 3.95. The van der Waals surface area contributed by atoms with Gasteiger partial charge in [0.05, 0.1) is 23.4 Å². The fourth-order valence-corrected chi connectivity index (χ4v) is 2.22. The Hall–Kier alpha value is -1.72. The van der Waals surface area contributed by atoms with E-state index in [1.807, 2.05) is 0 Å². The molecule has 0 unspecified atom stereocenters. The van der Waals surface area contributed by atoms with Crippen LogP contribution < -0.4 is 15.8 Å². The maximum Gasteiger partial charge on any atom is 0.257 e. The molecule has 0 saturated carbocycles. The molecule has 0 atom stereocenters. The third-order valence-electron chi connectivity index (χ3n) is 2.66. The van der Waals surface area contributed by atoms with E-state index in [0.29, 0.717) is 27.7 Å². The number of hydrogen-bond acceptors (Lipinski definition) is 3. The number of amides is 1. The van der Waals surface area contributed by atoms with Gasteiger partial charge in [0.25, 0.3) is 5.91 Å². The lowest BCUT2D eigenvalue weighted by Crippen LogP contribution is -2.12. The van der Waals surface area contributed by atoms with Gasteiger partial charge in [-0.15, -0.1) is 0 Å². The molecular weight excluding hydrogens is 344 g/mol. The van der Waals surface area contributed by atoms with Crippen molar-refractivity contribution in [2.24, 2.45) is 0 Å². The molecule has 0 radical (unpaired) electrons. The Balaban J connectivity index is 2.25. The van der Waals surface area contributed by atoms with Crippen LogP contribution in [-0.4, -0.2) is 13.0 Å². The second-order valence-electron chi connectivity index (χ2n) is 4.04.